The molecule has 0 spiro atoms. The summed E-state index contributed by atoms with van der Waals surface area (Å²) in [6, 6.07) is 5.90. The van der Waals surface area contributed by atoms with Gasteiger partial charge in [-0.15, -0.1) is 11.8 Å². The molecule has 0 saturated heterocycles. The summed E-state index contributed by atoms with van der Waals surface area (Å²) in [5.74, 6) is -0.472. The molecule has 4 nitrogen and oxygen atoms in total. The summed E-state index contributed by atoms with van der Waals surface area (Å²) >= 11 is 1.28. The van der Waals surface area contributed by atoms with Gasteiger partial charge in [0, 0.05) is 10.8 Å². The Morgan fingerprint density at radius 2 is 1.89 bits per heavy atom. The van der Waals surface area contributed by atoms with E-state index in [9.17, 15) is 14.0 Å². The van der Waals surface area contributed by atoms with Crippen molar-refractivity contribution in [2.75, 3.05) is 5.75 Å². The van der Waals surface area contributed by atoms with Crippen LogP contribution in [-0.4, -0.2) is 17.6 Å². The second-order valence-corrected chi connectivity index (χ2v) is 5.10. The van der Waals surface area contributed by atoms with E-state index in [0.717, 1.165) is 17.7 Å². The molecule has 1 aliphatic carbocycles. The Bertz CT molecular complexity index is 446. The van der Waals surface area contributed by atoms with Crippen LogP contribution in [0.15, 0.2) is 29.2 Å². The highest BCUT2D eigenvalue weighted by Crippen LogP contribution is 2.28. The molecule has 6 heteroatoms. The maximum atomic E-state index is 12.6. The van der Waals surface area contributed by atoms with E-state index in [0.29, 0.717) is 0 Å². The molecule has 0 unspecified atom stereocenters. The van der Waals surface area contributed by atoms with Crippen LogP contribution in [-0.2, 0) is 9.59 Å². The highest BCUT2D eigenvalue weighted by Gasteiger charge is 2.29. The van der Waals surface area contributed by atoms with Gasteiger partial charge in [0.15, 0.2) is 0 Å². The number of amides is 2. The number of hydrogen-bond donors (Lipinski definition) is 2. The highest BCUT2D eigenvalue weighted by molar-refractivity contribution is 8.00. The minimum atomic E-state index is -0.305. The first-order valence-electron chi connectivity index (χ1n) is 5.62. The second kappa shape index (κ2) is 5.86. The first kappa shape index (κ1) is 12.9. The number of hydrogen-bond acceptors (Lipinski definition) is 3. The monoisotopic (exact) mass is 268 g/mol. The van der Waals surface area contributed by atoms with Gasteiger partial charge in [0.05, 0.1) is 5.75 Å². The molecule has 1 aromatic rings. The fourth-order valence-corrected chi connectivity index (χ4v) is 1.99. The molecule has 0 bridgehead atoms. The maximum absolute atomic E-state index is 12.6. The number of thioether (sulfide) groups is 1. The van der Waals surface area contributed by atoms with Crippen molar-refractivity contribution >= 4 is 23.6 Å². The average Bonchev–Trinajstić information content (AvgIpc) is 3.19. The molecular formula is C12H13FN2O2S. The number of nitrogens with one attached hydrogen (secondary N) is 2. The van der Waals surface area contributed by atoms with Gasteiger partial charge in [-0.05, 0) is 37.1 Å². The predicted molar refractivity (Wildman–Crippen MR) is 66.1 cm³/mol. The maximum Gasteiger partial charge on any atom is 0.248 e. The Balaban J connectivity index is 1.67. The topological polar surface area (TPSA) is 58.2 Å². The Labute approximate surface area is 108 Å². The van der Waals surface area contributed by atoms with Gasteiger partial charge >= 0.3 is 0 Å². The standard InChI is InChI=1S/C12H13FN2O2S/c13-9-3-5-10(6-4-9)18-7-11(16)14-15-12(17)8-1-2-8/h3-6,8H,1-2,7H2,(H,14,16)(H,15,17). The molecule has 96 valence electrons. The van der Waals surface area contributed by atoms with Crippen molar-refractivity contribution in [3.05, 3.63) is 30.1 Å². The summed E-state index contributed by atoms with van der Waals surface area (Å²) in [6.45, 7) is 0. The van der Waals surface area contributed by atoms with Crippen LogP contribution in [0, 0.1) is 11.7 Å². The molecule has 0 heterocycles. The van der Waals surface area contributed by atoms with Crippen molar-refractivity contribution in [1.82, 2.24) is 10.9 Å². The van der Waals surface area contributed by atoms with Crippen molar-refractivity contribution in [2.24, 2.45) is 5.92 Å². The van der Waals surface area contributed by atoms with Gasteiger partial charge in [-0.1, -0.05) is 0 Å². The van der Waals surface area contributed by atoms with E-state index in [2.05, 4.69) is 10.9 Å². The van der Waals surface area contributed by atoms with Crippen LogP contribution in [0.2, 0.25) is 0 Å². The Kier molecular flexibility index (Phi) is 4.19. The average molecular weight is 268 g/mol. The number of benzene rings is 1. The molecule has 0 aliphatic heterocycles. The lowest BCUT2D eigenvalue weighted by atomic mass is 10.4. The lowest BCUT2D eigenvalue weighted by Gasteiger charge is -2.06. The highest BCUT2D eigenvalue weighted by atomic mass is 32.2. The Morgan fingerprint density at radius 3 is 2.50 bits per heavy atom. The molecule has 0 radical (unpaired) electrons. The molecular weight excluding hydrogens is 255 g/mol. The van der Waals surface area contributed by atoms with E-state index < -0.39 is 0 Å². The van der Waals surface area contributed by atoms with Crippen LogP contribution < -0.4 is 10.9 Å². The zero-order valence-electron chi connectivity index (χ0n) is 9.61. The quantitative estimate of drug-likeness (QED) is 0.642. The van der Waals surface area contributed by atoms with Crippen LogP contribution in [0.25, 0.3) is 0 Å². The lowest BCUT2D eigenvalue weighted by Crippen LogP contribution is -2.43. The van der Waals surface area contributed by atoms with Crippen molar-refractivity contribution in [3.63, 3.8) is 0 Å². The summed E-state index contributed by atoms with van der Waals surface area (Å²) in [5.41, 5.74) is 4.73. The minimum Gasteiger partial charge on any atom is -0.273 e. The van der Waals surface area contributed by atoms with Crippen LogP contribution in [0.3, 0.4) is 0 Å². The molecule has 1 fully saturated rings. The predicted octanol–water partition coefficient (Wildman–Crippen LogP) is 1.48. The molecule has 2 N–H and O–H groups in total. The third-order valence-corrected chi connectivity index (χ3v) is 3.47. The van der Waals surface area contributed by atoms with Crippen molar-refractivity contribution < 1.29 is 14.0 Å². The summed E-state index contributed by atoms with van der Waals surface area (Å²) in [4.78, 5) is 23.5. The van der Waals surface area contributed by atoms with Crippen LogP contribution >= 0.6 is 11.8 Å². The van der Waals surface area contributed by atoms with Gasteiger partial charge < -0.3 is 0 Å². The van der Waals surface area contributed by atoms with E-state index in [1.165, 1.54) is 23.9 Å². The zero-order chi connectivity index (χ0) is 13.0. The number of rotatable bonds is 4. The molecule has 1 aromatic carbocycles. The van der Waals surface area contributed by atoms with Gasteiger partial charge in [-0.2, -0.15) is 0 Å². The fourth-order valence-electron chi connectivity index (χ4n) is 1.29. The van der Waals surface area contributed by atoms with Gasteiger partial charge in [0.25, 0.3) is 0 Å². The molecule has 18 heavy (non-hydrogen) atoms. The summed E-state index contributed by atoms with van der Waals surface area (Å²) in [5, 5.41) is 0. The molecule has 0 aromatic heterocycles. The van der Waals surface area contributed by atoms with Gasteiger partial charge in [0.2, 0.25) is 11.8 Å². The number of carbonyl (C=O) groups excluding carboxylic acids is 2. The summed E-state index contributed by atoms with van der Waals surface area (Å²) in [7, 11) is 0. The first-order valence-corrected chi connectivity index (χ1v) is 6.61. The molecule has 2 amide bonds. The molecule has 1 aliphatic rings. The van der Waals surface area contributed by atoms with Crippen LogP contribution in [0.4, 0.5) is 4.39 Å². The van der Waals surface area contributed by atoms with E-state index in [1.807, 2.05) is 0 Å². The Hall–Kier alpha value is -1.56. The minimum absolute atomic E-state index is 0.0649. The van der Waals surface area contributed by atoms with Gasteiger partial charge in [-0.3, -0.25) is 20.4 Å². The Morgan fingerprint density at radius 1 is 1.22 bits per heavy atom. The van der Waals surface area contributed by atoms with E-state index >= 15 is 0 Å². The van der Waals surface area contributed by atoms with Crippen molar-refractivity contribution in [2.45, 2.75) is 17.7 Å². The summed E-state index contributed by atoms with van der Waals surface area (Å²) in [6.07, 6.45) is 1.79. The molecule has 0 atom stereocenters. The molecule has 2 rings (SSSR count). The third kappa shape index (κ3) is 4.03. The smallest absolute Gasteiger partial charge is 0.248 e. The third-order valence-electron chi connectivity index (χ3n) is 2.46. The lowest BCUT2D eigenvalue weighted by molar-refractivity contribution is -0.128. The largest absolute Gasteiger partial charge is 0.273 e. The number of carbonyl (C=O) groups is 2. The SMILES string of the molecule is O=C(CSc1ccc(F)cc1)NNC(=O)C1CC1. The second-order valence-electron chi connectivity index (χ2n) is 4.05. The first-order chi connectivity index (χ1) is 8.65. The van der Waals surface area contributed by atoms with Crippen LogP contribution in [0.1, 0.15) is 12.8 Å². The normalized spacial score (nSPS) is 14.1. The van der Waals surface area contributed by atoms with Crippen molar-refractivity contribution in [1.29, 1.82) is 0 Å². The molecule has 1 saturated carbocycles. The van der Waals surface area contributed by atoms with E-state index in [4.69, 9.17) is 0 Å². The fraction of sp³-hybridized carbons (Fsp3) is 0.333. The van der Waals surface area contributed by atoms with Crippen LogP contribution in [0.5, 0.6) is 0 Å². The summed E-state index contributed by atoms with van der Waals surface area (Å²) < 4.78 is 12.6. The zero-order valence-corrected chi connectivity index (χ0v) is 10.4. The number of halogens is 1. The van der Waals surface area contributed by atoms with Crippen molar-refractivity contribution in [3.8, 4) is 0 Å². The van der Waals surface area contributed by atoms with E-state index in [1.54, 1.807) is 12.1 Å². The van der Waals surface area contributed by atoms with Gasteiger partial charge in [0.1, 0.15) is 5.82 Å². The van der Waals surface area contributed by atoms with Gasteiger partial charge in [-0.25, -0.2) is 4.39 Å². The number of hydrazine groups is 1. The van der Waals surface area contributed by atoms with E-state index in [-0.39, 0.29) is 29.3 Å².